The first-order chi connectivity index (χ1) is 8.06. The number of ether oxygens (including phenoxy) is 1. The molecule has 17 heavy (non-hydrogen) atoms. The summed E-state index contributed by atoms with van der Waals surface area (Å²) in [6, 6.07) is 0. The van der Waals surface area contributed by atoms with Gasteiger partial charge in [-0.05, 0) is 33.1 Å². The summed E-state index contributed by atoms with van der Waals surface area (Å²) in [4.78, 5) is 13.6. The lowest BCUT2D eigenvalue weighted by Gasteiger charge is -2.40. The SMILES string of the molecule is CC#CC(=O)NCCC(C)(C)N1CCOCC1. The highest BCUT2D eigenvalue weighted by atomic mass is 16.5. The lowest BCUT2D eigenvalue weighted by atomic mass is 9.97. The van der Waals surface area contributed by atoms with Crippen molar-refractivity contribution in [2.45, 2.75) is 32.7 Å². The fraction of sp³-hybridized carbons (Fsp3) is 0.769. The molecular weight excluding hydrogens is 216 g/mol. The first-order valence-electron chi connectivity index (χ1n) is 6.09. The maximum absolute atomic E-state index is 11.2. The fourth-order valence-electron chi connectivity index (χ4n) is 1.97. The fourth-order valence-corrected chi connectivity index (χ4v) is 1.97. The standard InChI is InChI=1S/C13H22N2O2/c1-4-5-12(16)14-7-6-13(2,3)15-8-10-17-11-9-15/h6-11H2,1-3H3,(H,14,16). The van der Waals surface area contributed by atoms with Crippen LogP contribution in [0.1, 0.15) is 27.2 Å². The molecule has 1 N–H and O–H groups in total. The molecule has 1 heterocycles. The second-order valence-corrected chi connectivity index (χ2v) is 4.79. The number of nitrogens with zero attached hydrogens (tertiary/aromatic N) is 1. The highest BCUT2D eigenvalue weighted by Gasteiger charge is 2.27. The number of morpholine rings is 1. The van der Waals surface area contributed by atoms with E-state index >= 15 is 0 Å². The van der Waals surface area contributed by atoms with Crippen LogP contribution < -0.4 is 5.32 Å². The average molecular weight is 238 g/mol. The molecule has 1 rings (SSSR count). The van der Waals surface area contributed by atoms with Crippen LogP contribution in [0, 0.1) is 11.8 Å². The summed E-state index contributed by atoms with van der Waals surface area (Å²) in [6.45, 7) is 10.3. The summed E-state index contributed by atoms with van der Waals surface area (Å²) in [6.07, 6.45) is 0.921. The number of hydrogen-bond donors (Lipinski definition) is 1. The van der Waals surface area contributed by atoms with E-state index in [1.807, 2.05) is 0 Å². The van der Waals surface area contributed by atoms with Crippen LogP contribution in [0.2, 0.25) is 0 Å². The summed E-state index contributed by atoms with van der Waals surface area (Å²) < 4.78 is 5.34. The van der Waals surface area contributed by atoms with Gasteiger partial charge in [0.2, 0.25) is 0 Å². The minimum atomic E-state index is -0.190. The van der Waals surface area contributed by atoms with Crippen LogP contribution in [0.15, 0.2) is 0 Å². The van der Waals surface area contributed by atoms with Crippen molar-refractivity contribution in [3.8, 4) is 11.8 Å². The van der Waals surface area contributed by atoms with Crippen molar-refractivity contribution in [3.63, 3.8) is 0 Å². The molecule has 1 fully saturated rings. The highest BCUT2D eigenvalue weighted by Crippen LogP contribution is 2.19. The van der Waals surface area contributed by atoms with E-state index in [0.29, 0.717) is 6.54 Å². The molecule has 0 spiro atoms. The zero-order valence-corrected chi connectivity index (χ0v) is 11.0. The van der Waals surface area contributed by atoms with Gasteiger partial charge in [0.15, 0.2) is 0 Å². The smallest absolute Gasteiger partial charge is 0.295 e. The number of rotatable bonds is 4. The lowest BCUT2D eigenvalue weighted by molar-refractivity contribution is -0.115. The first kappa shape index (κ1) is 14.0. The van der Waals surface area contributed by atoms with Crippen LogP contribution in [0.4, 0.5) is 0 Å². The topological polar surface area (TPSA) is 41.6 Å². The Labute approximate surface area is 104 Å². The van der Waals surface area contributed by atoms with E-state index in [4.69, 9.17) is 4.74 Å². The van der Waals surface area contributed by atoms with E-state index in [1.54, 1.807) is 6.92 Å². The Hall–Kier alpha value is -1.05. The summed E-state index contributed by atoms with van der Waals surface area (Å²) >= 11 is 0. The van der Waals surface area contributed by atoms with Crippen LogP contribution in [0.5, 0.6) is 0 Å². The maximum Gasteiger partial charge on any atom is 0.295 e. The normalized spacial score (nSPS) is 17.1. The van der Waals surface area contributed by atoms with Crippen LogP contribution in [-0.4, -0.2) is 49.2 Å². The molecule has 0 aromatic rings. The molecule has 1 aliphatic heterocycles. The number of carbonyl (C=O) groups excluding carboxylic acids is 1. The van der Waals surface area contributed by atoms with Gasteiger partial charge in [0.25, 0.3) is 5.91 Å². The third kappa shape index (κ3) is 4.76. The number of hydrogen-bond acceptors (Lipinski definition) is 3. The van der Waals surface area contributed by atoms with Gasteiger partial charge in [-0.25, -0.2) is 0 Å². The van der Waals surface area contributed by atoms with E-state index < -0.39 is 0 Å². The van der Waals surface area contributed by atoms with Gasteiger partial charge in [0.05, 0.1) is 13.2 Å². The predicted octanol–water partition coefficient (Wildman–Crippen LogP) is 0.627. The molecule has 1 aliphatic rings. The van der Waals surface area contributed by atoms with Gasteiger partial charge < -0.3 is 10.1 Å². The molecule has 1 amide bonds. The maximum atomic E-state index is 11.2. The monoisotopic (exact) mass is 238 g/mol. The average Bonchev–Trinajstić information content (AvgIpc) is 2.30. The third-order valence-corrected chi connectivity index (χ3v) is 3.13. The Balaban J connectivity index is 2.32. The van der Waals surface area contributed by atoms with E-state index in [9.17, 15) is 4.79 Å². The molecule has 0 atom stereocenters. The molecule has 0 saturated carbocycles. The Morgan fingerprint density at radius 3 is 2.65 bits per heavy atom. The van der Waals surface area contributed by atoms with Gasteiger partial charge in [0.1, 0.15) is 0 Å². The van der Waals surface area contributed by atoms with E-state index in [0.717, 1.165) is 32.7 Å². The second kappa shape index (κ2) is 6.63. The van der Waals surface area contributed by atoms with Gasteiger partial charge in [-0.15, -0.1) is 0 Å². The third-order valence-electron chi connectivity index (χ3n) is 3.13. The molecular formula is C13H22N2O2. The minimum absolute atomic E-state index is 0.0940. The lowest BCUT2D eigenvalue weighted by Crippen LogP contribution is -2.51. The Kier molecular flexibility index (Phi) is 5.46. The molecule has 0 aromatic carbocycles. The van der Waals surface area contributed by atoms with Crippen LogP contribution in [0.25, 0.3) is 0 Å². The van der Waals surface area contributed by atoms with Crippen molar-refractivity contribution in [1.82, 2.24) is 10.2 Å². The Morgan fingerprint density at radius 2 is 2.06 bits per heavy atom. The summed E-state index contributed by atoms with van der Waals surface area (Å²) in [5, 5.41) is 2.81. The summed E-state index contributed by atoms with van der Waals surface area (Å²) in [5.41, 5.74) is 0.0940. The second-order valence-electron chi connectivity index (χ2n) is 4.79. The summed E-state index contributed by atoms with van der Waals surface area (Å²) in [5.74, 6) is 4.88. The van der Waals surface area contributed by atoms with E-state index in [-0.39, 0.29) is 11.4 Å². The molecule has 96 valence electrons. The molecule has 0 bridgehead atoms. The van der Waals surface area contributed by atoms with Gasteiger partial charge >= 0.3 is 0 Å². The van der Waals surface area contributed by atoms with Gasteiger partial charge in [-0.3, -0.25) is 9.69 Å². The zero-order chi connectivity index (χ0) is 12.7. The van der Waals surface area contributed by atoms with Crippen molar-refractivity contribution in [2.24, 2.45) is 0 Å². The van der Waals surface area contributed by atoms with Crippen molar-refractivity contribution >= 4 is 5.91 Å². The van der Waals surface area contributed by atoms with E-state index in [1.165, 1.54) is 0 Å². The van der Waals surface area contributed by atoms with Crippen LogP contribution >= 0.6 is 0 Å². The summed E-state index contributed by atoms with van der Waals surface area (Å²) in [7, 11) is 0. The van der Waals surface area contributed by atoms with Crippen molar-refractivity contribution < 1.29 is 9.53 Å². The molecule has 0 radical (unpaired) electrons. The highest BCUT2D eigenvalue weighted by molar-refractivity contribution is 5.93. The Morgan fingerprint density at radius 1 is 1.41 bits per heavy atom. The molecule has 4 heteroatoms. The van der Waals surface area contributed by atoms with Crippen LogP contribution in [-0.2, 0) is 9.53 Å². The minimum Gasteiger partial charge on any atom is -0.379 e. The zero-order valence-electron chi connectivity index (χ0n) is 11.0. The van der Waals surface area contributed by atoms with Crippen molar-refractivity contribution in [1.29, 1.82) is 0 Å². The first-order valence-corrected chi connectivity index (χ1v) is 6.09. The van der Waals surface area contributed by atoms with Crippen molar-refractivity contribution in [2.75, 3.05) is 32.8 Å². The predicted molar refractivity (Wildman–Crippen MR) is 67.5 cm³/mol. The van der Waals surface area contributed by atoms with Crippen LogP contribution in [0.3, 0.4) is 0 Å². The Bertz CT molecular complexity index is 309. The van der Waals surface area contributed by atoms with E-state index in [2.05, 4.69) is 35.9 Å². The van der Waals surface area contributed by atoms with Gasteiger partial charge in [-0.1, -0.05) is 5.92 Å². The number of nitrogens with one attached hydrogen (secondary N) is 1. The quantitative estimate of drug-likeness (QED) is 0.730. The van der Waals surface area contributed by atoms with Gasteiger partial charge in [0, 0.05) is 25.2 Å². The number of amides is 1. The largest absolute Gasteiger partial charge is 0.379 e. The molecule has 1 saturated heterocycles. The van der Waals surface area contributed by atoms with Crippen molar-refractivity contribution in [3.05, 3.63) is 0 Å². The molecule has 0 aromatic heterocycles. The molecule has 4 nitrogen and oxygen atoms in total. The molecule has 0 aliphatic carbocycles. The number of carbonyl (C=O) groups is 1. The molecule has 0 unspecified atom stereocenters. The van der Waals surface area contributed by atoms with Gasteiger partial charge in [-0.2, -0.15) is 0 Å².